The molecule has 0 fully saturated rings. The standard InChI is InChI=1S/C15H18ClN3O/c1-3-7-18-15(13-6-8-17-10-19-13)12-9-11(16)4-5-14(12)20-2/h4-6,8-10,15,18H,3,7H2,1-2H3. The second kappa shape index (κ2) is 7.22. The Morgan fingerprint density at radius 3 is 2.85 bits per heavy atom. The van der Waals surface area contributed by atoms with E-state index in [-0.39, 0.29) is 6.04 Å². The van der Waals surface area contributed by atoms with Crippen LogP contribution in [0.15, 0.2) is 36.8 Å². The van der Waals surface area contributed by atoms with Crippen molar-refractivity contribution in [3.63, 3.8) is 0 Å². The van der Waals surface area contributed by atoms with Crippen molar-refractivity contribution in [2.45, 2.75) is 19.4 Å². The number of methoxy groups -OCH3 is 1. The Labute approximate surface area is 124 Å². The van der Waals surface area contributed by atoms with Crippen molar-refractivity contribution >= 4 is 11.6 Å². The summed E-state index contributed by atoms with van der Waals surface area (Å²) in [6.45, 7) is 3.00. The minimum Gasteiger partial charge on any atom is -0.496 e. The van der Waals surface area contributed by atoms with E-state index in [0.717, 1.165) is 30.0 Å². The van der Waals surface area contributed by atoms with Crippen molar-refractivity contribution in [3.8, 4) is 5.75 Å². The first-order valence-electron chi connectivity index (χ1n) is 6.59. The summed E-state index contributed by atoms with van der Waals surface area (Å²) in [6, 6.07) is 7.44. The molecule has 2 rings (SSSR count). The molecule has 1 heterocycles. The van der Waals surface area contributed by atoms with Crippen LogP contribution in [0.1, 0.15) is 30.6 Å². The van der Waals surface area contributed by atoms with Crippen molar-refractivity contribution in [3.05, 3.63) is 53.1 Å². The van der Waals surface area contributed by atoms with E-state index in [1.165, 1.54) is 0 Å². The van der Waals surface area contributed by atoms with Crippen LogP contribution in [0.3, 0.4) is 0 Å². The van der Waals surface area contributed by atoms with E-state index in [4.69, 9.17) is 16.3 Å². The summed E-state index contributed by atoms with van der Waals surface area (Å²) < 4.78 is 5.44. The molecule has 2 aromatic rings. The summed E-state index contributed by atoms with van der Waals surface area (Å²) in [5, 5.41) is 4.15. The predicted molar refractivity (Wildman–Crippen MR) is 80.2 cm³/mol. The van der Waals surface area contributed by atoms with Gasteiger partial charge in [-0.2, -0.15) is 0 Å². The van der Waals surface area contributed by atoms with Gasteiger partial charge in [-0.25, -0.2) is 9.97 Å². The van der Waals surface area contributed by atoms with Crippen molar-refractivity contribution in [1.29, 1.82) is 0 Å². The minimum atomic E-state index is -0.0633. The lowest BCUT2D eigenvalue weighted by atomic mass is 10.0. The molecule has 20 heavy (non-hydrogen) atoms. The number of hydrogen-bond acceptors (Lipinski definition) is 4. The van der Waals surface area contributed by atoms with E-state index >= 15 is 0 Å². The molecule has 0 aliphatic heterocycles. The SMILES string of the molecule is CCCNC(c1ccncn1)c1cc(Cl)ccc1OC. The van der Waals surface area contributed by atoms with Gasteiger partial charge in [0.15, 0.2) is 0 Å². The third kappa shape index (κ3) is 3.46. The number of benzene rings is 1. The molecule has 106 valence electrons. The first-order chi connectivity index (χ1) is 9.76. The number of halogens is 1. The van der Waals surface area contributed by atoms with E-state index in [0.29, 0.717) is 5.02 Å². The van der Waals surface area contributed by atoms with Gasteiger partial charge in [-0.1, -0.05) is 18.5 Å². The van der Waals surface area contributed by atoms with Gasteiger partial charge in [0.2, 0.25) is 0 Å². The molecule has 0 bridgehead atoms. The zero-order valence-electron chi connectivity index (χ0n) is 11.6. The van der Waals surface area contributed by atoms with Gasteiger partial charge < -0.3 is 10.1 Å². The smallest absolute Gasteiger partial charge is 0.124 e. The lowest BCUT2D eigenvalue weighted by Crippen LogP contribution is -2.24. The average molecular weight is 292 g/mol. The van der Waals surface area contributed by atoms with E-state index in [9.17, 15) is 0 Å². The van der Waals surface area contributed by atoms with Crippen molar-refractivity contribution < 1.29 is 4.74 Å². The monoisotopic (exact) mass is 291 g/mol. The van der Waals surface area contributed by atoms with Crippen LogP contribution in [-0.2, 0) is 0 Å². The van der Waals surface area contributed by atoms with Gasteiger partial charge >= 0.3 is 0 Å². The van der Waals surface area contributed by atoms with Gasteiger partial charge in [0.1, 0.15) is 12.1 Å². The third-order valence-electron chi connectivity index (χ3n) is 3.00. The number of nitrogens with zero attached hydrogens (tertiary/aromatic N) is 2. The Hall–Kier alpha value is -1.65. The van der Waals surface area contributed by atoms with Gasteiger partial charge in [0.05, 0.1) is 18.8 Å². The van der Waals surface area contributed by atoms with E-state index < -0.39 is 0 Å². The molecule has 0 saturated heterocycles. The number of ether oxygens (including phenoxy) is 1. The van der Waals surface area contributed by atoms with E-state index in [1.807, 2.05) is 24.3 Å². The van der Waals surface area contributed by atoms with Gasteiger partial charge in [-0.3, -0.25) is 0 Å². The number of aromatic nitrogens is 2. The van der Waals surface area contributed by atoms with Crippen molar-refractivity contribution in [1.82, 2.24) is 15.3 Å². The Balaban J connectivity index is 2.43. The van der Waals surface area contributed by atoms with Crippen LogP contribution < -0.4 is 10.1 Å². The molecule has 0 radical (unpaired) electrons. The fourth-order valence-electron chi connectivity index (χ4n) is 2.07. The Morgan fingerprint density at radius 2 is 2.20 bits per heavy atom. The van der Waals surface area contributed by atoms with Crippen LogP contribution in [0, 0.1) is 0 Å². The number of rotatable bonds is 6. The molecular weight excluding hydrogens is 274 g/mol. The quantitative estimate of drug-likeness (QED) is 0.888. The first kappa shape index (κ1) is 14.8. The molecule has 0 aliphatic rings. The van der Waals surface area contributed by atoms with Crippen LogP contribution >= 0.6 is 11.6 Å². The highest BCUT2D eigenvalue weighted by Crippen LogP contribution is 2.31. The first-order valence-corrected chi connectivity index (χ1v) is 6.96. The van der Waals surface area contributed by atoms with Gasteiger partial charge in [-0.15, -0.1) is 0 Å². The van der Waals surface area contributed by atoms with Crippen molar-refractivity contribution in [2.75, 3.05) is 13.7 Å². The normalized spacial score (nSPS) is 12.2. The molecule has 4 nitrogen and oxygen atoms in total. The molecular formula is C15H18ClN3O. The van der Waals surface area contributed by atoms with Crippen LogP contribution in [0.4, 0.5) is 0 Å². The lowest BCUT2D eigenvalue weighted by molar-refractivity contribution is 0.403. The maximum absolute atomic E-state index is 6.12. The second-order valence-electron chi connectivity index (χ2n) is 4.41. The molecule has 0 amide bonds. The van der Waals surface area contributed by atoms with Gasteiger partial charge in [0, 0.05) is 16.8 Å². The molecule has 1 N–H and O–H groups in total. The minimum absolute atomic E-state index is 0.0633. The fourth-order valence-corrected chi connectivity index (χ4v) is 2.25. The summed E-state index contributed by atoms with van der Waals surface area (Å²) in [6.07, 6.45) is 4.32. The van der Waals surface area contributed by atoms with E-state index in [1.54, 1.807) is 19.6 Å². The second-order valence-corrected chi connectivity index (χ2v) is 4.84. The van der Waals surface area contributed by atoms with Crippen LogP contribution in [0.25, 0.3) is 0 Å². The maximum Gasteiger partial charge on any atom is 0.124 e. The van der Waals surface area contributed by atoms with Gasteiger partial charge in [-0.05, 0) is 37.2 Å². The zero-order chi connectivity index (χ0) is 14.4. The Bertz CT molecular complexity index is 548. The van der Waals surface area contributed by atoms with Crippen LogP contribution in [0.2, 0.25) is 5.02 Å². The zero-order valence-corrected chi connectivity index (χ0v) is 12.4. The molecule has 1 unspecified atom stereocenters. The molecule has 0 saturated carbocycles. The highest BCUT2D eigenvalue weighted by molar-refractivity contribution is 6.30. The van der Waals surface area contributed by atoms with Crippen molar-refractivity contribution in [2.24, 2.45) is 0 Å². The predicted octanol–water partition coefficient (Wildman–Crippen LogP) is 3.23. The largest absolute Gasteiger partial charge is 0.496 e. The highest BCUT2D eigenvalue weighted by Gasteiger charge is 2.19. The molecule has 1 atom stereocenters. The maximum atomic E-state index is 6.12. The Kier molecular flexibility index (Phi) is 5.32. The highest BCUT2D eigenvalue weighted by atomic mass is 35.5. The molecule has 0 aliphatic carbocycles. The Morgan fingerprint density at radius 1 is 1.35 bits per heavy atom. The average Bonchev–Trinajstić information content (AvgIpc) is 2.49. The molecule has 1 aromatic carbocycles. The van der Waals surface area contributed by atoms with Gasteiger partial charge in [0.25, 0.3) is 0 Å². The summed E-state index contributed by atoms with van der Waals surface area (Å²) in [5.41, 5.74) is 1.88. The van der Waals surface area contributed by atoms with E-state index in [2.05, 4.69) is 22.2 Å². The molecule has 1 aromatic heterocycles. The summed E-state index contributed by atoms with van der Waals surface area (Å²) in [7, 11) is 1.66. The summed E-state index contributed by atoms with van der Waals surface area (Å²) in [4.78, 5) is 8.31. The summed E-state index contributed by atoms with van der Waals surface area (Å²) in [5.74, 6) is 0.793. The topological polar surface area (TPSA) is 47.0 Å². The van der Waals surface area contributed by atoms with Crippen LogP contribution in [-0.4, -0.2) is 23.6 Å². The van der Waals surface area contributed by atoms with Crippen LogP contribution in [0.5, 0.6) is 5.75 Å². The third-order valence-corrected chi connectivity index (χ3v) is 3.24. The fraction of sp³-hybridized carbons (Fsp3) is 0.333. The lowest BCUT2D eigenvalue weighted by Gasteiger charge is -2.21. The summed E-state index contributed by atoms with van der Waals surface area (Å²) >= 11 is 6.12. The number of nitrogens with one attached hydrogen (secondary N) is 1. The molecule has 5 heteroatoms. The number of hydrogen-bond donors (Lipinski definition) is 1. The molecule has 0 spiro atoms.